The van der Waals surface area contributed by atoms with Crippen LogP contribution in [0.5, 0.6) is 0 Å². The van der Waals surface area contributed by atoms with Crippen molar-refractivity contribution in [1.29, 1.82) is 0 Å². The molecule has 5 nitrogen and oxygen atoms in total. The third kappa shape index (κ3) is 3.93. The van der Waals surface area contributed by atoms with Crippen LogP contribution in [0.1, 0.15) is 12.0 Å². The molecule has 4 N–H and O–H groups in total. The molecule has 0 saturated carbocycles. The number of hydrogen-bond acceptors (Lipinski definition) is 4. The zero-order valence-electron chi connectivity index (χ0n) is 10.7. The molecule has 1 aliphatic rings. The minimum Gasteiger partial charge on any atom is -0.600 e. The van der Waals surface area contributed by atoms with Gasteiger partial charge in [0.25, 0.3) is 0 Å². The second kappa shape index (κ2) is 5.67. The molecule has 0 heterocycles. The van der Waals surface area contributed by atoms with E-state index in [9.17, 15) is 5.21 Å². The molecule has 100 valence electrons. The molecular formula is C14H18N4O. The summed E-state index contributed by atoms with van der Waals surface area (Å²) in [5.74, 6) is 0. The molecule has 5 heteroatoms. The van der Waals surface area contributed by atoms with E-state index >= 15 is 0 Å². The maximum Gasteiger partial charge on any atom is 0.202 e. The first-order chi connectivity index (χ1) is 9.07. The number of azo groups is 1. The van der Waals surface area contributed by atoms with Crippen molar-refractivity contribution in [1.82, 2.24) is 0 Å². The van der Waals surface area contributed by atoms with Crippen molar-refractivity contribution >= 4 is 0 Å². The number of benzene rings is 1. The predicted octanol–water partition coefficient (Wildman–Crippen LogP) is 1.65. The Bertz CT molecular complexity index is 522. The van der Waals surface area contributed by atoms with Gasteiger partial charge in [-0.05, 0) is 23.2 Å². The Labute approximate surface area is 112 Å². The number of rotatable bonds is 4. The number of hydrogen-bond donors (Lipinski definition) is 2. The fourth-order valence-electron chi connectivity index (χ4n) is 1.87. The molecule has 0 saturated heterocycles. The molecule has 1 aromatic carbocycles. The van der Waals surface area contributed by atoms with Crippen LogP contribution < -0.4 is 11.5 Å². The van der Waals surface area contributed by atoms with Crippen LogP contribution in [-0.2, 0) is 6.54 Å². The minimum atomic E-state index is -0.690. The molecule has 1 unspecified atom stereocenters. The number of nitrogens with two attached hydrogens (primary N) is 2. The lowest BCUT2D eigenvalue weighted by Crippen LogP contribution is -2.45. The van der Waals surface area contributed by atoms with Gasteiger partial charge >= 0.3 is 0 Å². The van der Waals surface area contributed by atoms with E-state index in [1.807, 2.05) is 36.4 Å². The fourth-order valence-corrected chi connectivity index (χ4v) is 1.87. The predicted molar refractivity (Wildman–Crippen MR) is 74.0 cm³/mol. The summed E-state index contributed by atoms with van der Waals surface area (Å²) in [6.45, 7) is 0.488. The van der Waals surface area contributed by atoms with Crippen LogP contribution >= 0.6 is 0 Å². The Kier molecular flexibility index (Phi) is 3.97. The van der Waals surface area contributed by atoms with E-state index in [0.717, 1.165) is 5.56 Å². The summed E-state index contributed by atoms with van der Waals surface area (Å²) >= 11 is 0. The molecule has 1 aliphatic carbocycles. The Morgan fingerprint density at radius 2 is 2.05 bits per heavy atom. The number of hydroxylamine groups is 1. The lowest BCUT2D eigenvalue weighted by Gasteiger charge is -2.24. The van der Waals surface area contributed by atoms with Crippen molar-refractivity contribution in [3.63, 3.8) is 0 Å². The molecule has 0 aliphatic heterocycles. The Morgan fingerprint density at radius 1 is 1.32 bits per heavy atom. The largest absolute Gasteiger partial charge is 0.600 e. The summed E-state index contributed by atoms with van der Waals surface area (Å²) in [5.41, 5.74) is 12.7. The quantitative estimate of drug-likeness (QED) is 0.488. The van der Waals surface area contributed by atoms with E-state index in [1.165, 1.54) is 0 Å². The highest BCUT2D eigenvalue weighted by molar-refractivity contribution is 5.26. The maximum absolute atomic E-state index is 11.8. The van der Waals surface area contributed by atoms with Crippen molar-refractivity contribution in [2.45, 2.75) is 18.5 Å². The minimum absolute atomic E-state index is 0.125. The molecule has 1 aromatic rings. The van der Waals surface area contributed by atoms with Gasteiger partial charge in [0.15, 0.2) is 0 Å². The van der Waals surface area contributed by atoms with Crippen molar-refractivity contribution < 1.29 is 4.86 Å². The van der Waals surface area contributed by atoms with E-state index in [-0.39, 0.29) is 6.54 Å². The van der Waals surface area contributed by atoms with Crippen molar-refractivity contribution in [3.8, 4) is 0 Å². The third-order valence-electron chi connectivity index (χ3n) is 3.01. The highest BCUT2D eigenvalue weighted by atomic mass is 16.5. The molecule has 0 aromatic heterocycles. The van der Waals surface area contributed by atoms with Gasteiger partial charge in [-0.3, -0.25) is 0 Å². The van der Waals surface area contributed by atoms with Crippen LogP contribution in [0.15, 0.2) is 59.4 Å². The van der Waals surface area contributed by atoms with Crippen molar-refractivity contribution in [2.24, 2.45) is 16.6 Å². The molecule has 0 amide bonds. The highest BCUT2D eigenvalue weighted by Crippen LogP contribution is 2.17. The van der Waals surface area contributed by atoms with Crippen LogP contribution in [0.4, 0.5) is 0 Å². The first kappa shape index (κ1) is 13.3. The molecular weight excluding hydrogens is 240 g/mol. The van der Waals surface area contributed by atoms with Crippen LogP contribution in [0.3, 0.4) is 0 Å². The monoisotopic (exact) mass is 258 g/mol. The molecule has 1 atom stereocenters. The maximum atomic E-state index is 11.8. The fraction of sp³-hybridized carbons (Fsp3) is 0.286. The van der Waals surface area contributed by atoms with Gasteiger partial charge in [-0.2, -0.15) is 0 Å². The Balaban J connectivity index is 1.94. The Hall–Kier alpha value is -2.14. The summed E-state index contributed by atoms with van der Waals surface area (Å²) in [5, 5.41) is 15.7. The van der Waals surface area contributed by atoms with E-state index in [1.54, 1.807) is 12.2 Å². The third-order valence-corrected chi connectivity index (χ3v) is 3.01. The van der Waals surface area contributed by atoms with Crippen LogP contribution in [0.25, 0.3) is 0 Å². The highest BCUT2D eigenvalue weighted by Gasteiger charge is 2.27. The number of nitrogens with zero attached hydrogens (tertiary/aromatic N) is 2. The van der Waals surface area contributed by atoms with Crippen molar-refractivity contribution in [3.05, 3.63) is 65.0 Å². The van der Waals surface area contributed by atoms with Crippen LogP contribution in [-0.4, -0.2) is 16.9 Å². The Morgan fingerprint density at radius 3 is 2.68 bits per heavy atom. The summed E-state index contributed by atoms with van der Waals surface area (Å²) in [6.07, 6.45) is 5.87. The van der Waals surface area contributed by atoms with Gasteiger partial charge in [-0.15, -0.1) is 0 Å². The lowest BCUT2D eigenvalue weighted by molar-refractivity contribution is -0.537. The van der Waals surface area contributed by atoms with Gasteiger partial charge in [0.2, 0.25) is 6.54 Å². The van der Waals surface area contributed by atoms with Gasteiger partial charge in [0.1, 0.15) is 12.1 Å². The zero-order chi connectivity index (χ0) is 13.7. The number of allylic oxidation sites excluding steroid dienone is 1. The van der Waals surface area contributed by atoms with Gasteiger partial charge < -0.3 is 16.7 Å². The second-order valence-electron chi connectivity index (χ2n) is 4.77. The van der Waals surface area contributed by atoms with Gasteiger partial charge in [0.05, 0.1) is 0 Å². The molecule has 0 bridgehead atoms. The van der Waals surface area contributed by atoms with E-state index in [0.29, 0.717) is 23.5 Å². The topological polar surface area (TPSA) is 90.5 Å². The first-order valence-corrected chi connectivity index (χ1v) is 6.17. The SMILES string of the molecule is NC1=CCC(N)(C[N+]([O-])=NCc2ccccc2)C=C1. The second-order valence-corrected chi connectivity index (χ2v) is 4.77. The first-order valence-electron chi connectivity index (χ1n) is 6.17. The average Bonchev–Trinajstić information content (AvgIpc) is 2.41. The van der Waals surface area contributed by atoms with Crippen LogP contribution in [0, 0.1) is 5.21 Å². The summed E-state index contributed by atoms with van der Waals surface area (Å²) in [7, 11) is 0. The van der Waals surface area contributed by atoms with Crippen molar-refractivity contribution in [2.75, 3.05) is 6.54 Å². The van der Waals surface area contributed by atoms with Gasteiger partial charge in [0, 0.05) is 5.70 Å². The average molecular weight is 258 g/mol. The summed E-state index contributed by atoms with van der Waals surface area (Å²) in [4.78, 5) is 0.659. The normalized spacial score (nSPS) is 23.2. The molecule has 0 radical (unpaired) electrons. The molecule has 2 rings (SSSR count). The van der Waals surface area contributed by atoms with E-state index in [4.69, 9.17) is 11.5 Å². The molecule has 19 heavy (non-hydrogen) atoms. The molecule has 0 spiro atoms. The zero-order valence-corrected chi connectivity index (χ0v) is 10.7. The smallest absolute Gasteiger partial charge is 0.202 e. The van der Waals surface area contributed by atoms with E-state index < -0.39 is 5.54 Å². The summed E-state index contributed by atoms with van der Waals surface area (Å²) in [6, 6.07) is 9.62. The van der Waals surface area contributed by atoms with Gasteiger partial charge in [-0.1, -0.05) is 47.3 Å². The summed E-state index contributed by atoms with van der Waals surface area (Å²) < 4.78 is 0. The lowest BCUT2D eigenvalue weighted by atomic mass is 9.92. The van der Waals surface area contributed by atoms with E-state index in [2.05, 4.69) is 5.11 Å². The molecule has 0 fully saturated rings. The van der Waals surface area contributed by atoms with Crippen LogP contribution in [0.2, 0.25) is 0 Å². The standard InChI is InChI=1S/C14H18N4O/c15-13-6-8-14(16,9-7-13)11-18(19)17-10-12-4-2-1-3-5-12/h1-8H,9-11,15-16H2. The van der Waals surface area contributed by atoms with Gasteiger partial charge in [-0.25, -0.2) is 0 Å².